The second-order valence-electron chi connectivity index (χ2n) is 4.66. The van der Waals surface area contributed by atoms with Gasteiger partial charge in [-0.1, -0.05) is 0 Å². The topological polar surface area (TPSA) is 52.5 Å². The molecule has 0 aliphatic heterocycles. The molecule has 0 saturated carbocycles. The van der Waals surface area contributed by atoms with Crippen molar-refractivity contribution in [1.82, 2.24) is 14.5 Å². The van der Waals surface area contributed by atoms with Crippen LogP contribution in [0.1, 0.15) is 12.5 Å². The van der Waals surface area contributed by atoms with Crippen LogP contribution in [-0.2, 0) is 6.42 Å². The SMILES string of the molecule is CCNc1c(CCN(C)C)cc2cc[nH]n2c1=O. The van der Waals surface area contributed by atoms with E-state index in [0.29, 0.717) is 5.69 Å². The molecule has 98 valence electrons. The van der Waals surface area contributed by atoms with Crippen molar-refractivity contribution < 1.29 is 0 Å². The Morgan fingerprint density at radius 2 is 2.22 bits per heavy atom. The molecule has 18 heavy (non-hydrogen) atoms. The van der Waals surface area contributed by atoms with E-state index in [1.165, 1.54) is 0 Å². The third-order valence-electron chi connectivity index (χ3n) is 2.96. The number of likely N-dealkylation sites (N-methyl/N-ethyl adjacent to an activating group) is 1. The van der Waals surface area contributed by atoms with Crippen LogP contribution in [0, 0.1) is 0 Å². The number of rotatable bonds is 5. The molecule has 0 aromatic carbocycles. The first kappa shape index (κ1) is 12.7. The van der Waals surface area contributed by atoms with Gasteiger partial charge in [0.25, 0.3) is 5.56 Å². The molecule has 2 aromatic heterocycles. The zero-order valence-electron chi connectivity index (χ0n) is 11.2. The van der Waals surface area contributed by atoms with Gasteiger partial charge in [0.1, 0.15) is 5.69 Å². The fraction of sp³-hybridized carbons (Fsp3) is 0.462. The van der Waals surface area contributed by atoms with Gasteiger partial charge >= 0.3 is 0 Å². The molecule has 2 heterocycles. The number of hydrogen-bond acceptors (Lipinski definition) is 3. The van der Waals surface area contributed by atoms with Gasteiger partial charge in [0.05, 0.1) is 5.52 Å². The molecule has 0 aliphatic carbocycles. The van der Waals surface area contributed by atoms with Crippen molar-refractivity contribution in [2.45, 2.75) is 13.3 Å². The van der Waals surface area contributed by atoms with Crippen molar-refractivity contribution in [2.75, 3.05) is 32.5 Å². The normalized spacial score (nSPS) is 11.3. The summed E-state index contributed by atoms with van der Waals surface area (Å²) in [6, 6.07) is 3.98. The van der Waals surface area contributed by atoms with Gasteiger partial charge in [-0.15, -0.1) is 0 Å². The minimum atomic E-state index is -0.00638. The molecule has 0 fully saturated rings. The van der Waals surface area contributed by atoms with Crippen LogP contribution in [-0.4, -0.2) is 41.7 Å². The summed E-state index contributed by atoms with van der Waals surface area (Å²) in [5, 5.41) is 6.11. The first-order valence-electron chi connectivity index (χ1n) is 6.24. The van der Waals surface area contributed by atoms with Crippen LogP contribution >= 0.6 is 0 Å². The highest BCUT2D eigenvalue weighted by molar-refractivity contribution is 5.59. The number of H-pyrrole nitrogens is 1. The van der Waals surface area contributed by atoms with Gasteiger partial charge in [0.15, 0.2) is 0 Å². The van der Waals surface area contributed by atoms with Crippen LogP contribution in [0.25, 0.3) is 5.52 Å². The number of anilines is 1. The second kappa shape index (κ2) is 5.27. The number of fused-ring (bicyclic) bond motifs is 1. The third kappa shape index (κ3) is 2.41. The standard InChI is InChI=1S/C13H20N4O/c1-4-14-12-10(6-8-16(2)3)9-11-5-7-15-17(11)13(12)18/h5,7,9,14-15H,4,6,8H2,1-3H3. The van der Waals surface area contributed by atoms with Gasteiger partial charge in [-0.3, -0.25) is 9.89 Å². The lowest BCUT2D eigenvalue weighted by Crippen LogP contribution is -2.23. The number of aromatic amines is 1. The molecule has 2 rings (SSSR count). The molecular formula is C13H20N4O. The van der Waals surface area contributed by atoms with Crippen molar-refractivity contribution in [1.29, 1.82) is 0 Å². The zero-order valence-corrected chi connectivity index (χ0v) is 11.2. The summed E-state index contributed by atoms with van der Waals surface area (Å²) in [5.41, 5.74) is 2.69. The van der Waals surface area contributed by atoms with Gasteiger partial charge in [-0.05, 0) is 45.1 Å². The minimum absolute atomic E-state index is 0.00638. The van der Waals surface area contributed by atoms with E-state index in [1.807, 2.05) is 27.1 Å². The summed E-state index contributed by atoms with van der Waals surface area (Å²) >= 11 is 0. The summed E-state index contributed by atoms with van der Waals surface area (Å²) in [6.07, 6.45) is 2.65. The largest absolute Gasteiger partial charge is 0.381 e. The van der Waals surface area contributed by atoms with Gasteiger partial charge in [-0.25, -0.2) is 4.52 Å². The molecule has 2 aromatic rings. The maximum absolute atomic E-state index is 12.3. The second-order valence-corrected chi connectivity index (χ2v) is 4.66. The molecule has 5 nitrogen and oxygen atoms in total. The smallest absolute Gasteiger partial charge is 0.293 e. The molecule has 5 heteroatoms. The zero-order chi connectivity index (χ0) is 13.1. The predicted octanol–water partition coefficient (Wildman–Crippen LogP) is 1.16. The van der Waals surface area contributed by atoms with E-state index in [4.69, 9.17) is 0 Å². The Kier molecular flexibility index (Phi) is 3.72. The Morgan fingerprint density at radius 1 is 1.44 bits per heavy atom. The van der Waals surface area contributed by atoms with Crippen LogP contribution in [0.2, 0.25) is 0 Å². The number of pyridine rings is 1. The van der Waals surface area contributed by atoms with Crippen LogP contribution in [0.5, 0.6) is 0 Å². The summed E-state index contributed by atoms with van der Waals surface area (Å²) < 4.78 is 1.57. The average molecular weight is 248 g/mol. The summed E-state index contributed by atoms with van der Waals surface area (Å²) in [6.45, 7) is 3.67. The van der Waals surface area contributed by atoms with E-state index in [9.17, 15) is 4.79 Å². The van der Waals surface area contributed by atoms with Crippen molar-refractivity contribution in [3.8, 4) is 0 Å². The molecule has 0 saturated heterocycles. The number of nitrogens with zero attached hydrogens (tertiary/aromatic N) is 2. The fourth-order valence-corrected chi connectivity index (χ4v) is 2.04. The molecule has 2 N–H and O–H groups in total. The number of hydrogen-bond donors (Lipinski definition) is 2. The van der Waals surface area contributed by atoms with Gasteiger partial charge in [0, 0.05) is 19.3 Å². The summed E-state index contributed by atoms with van der Waals surface area (Å²) in [5.74, 6) is 0. The summed E-state index contributed by atoms with van der Waals surface area (Å²) in [4.78, 5) is 14.4. The minimum Gasteiger partial charge on any atom is -0.381 e. The molecule has 0 bridgehead atoms. The highest BCUT2D eigenvalue weighted by Crippen LogP contribution is 2.14. The number of aromatic nitrogens is 2. The van der Waals surface area contributed by atoms with E-state index in [2.05, 4.69) is 21.4 Å². The van der Waals surface area contributed by atoms with Crippen molar-refractivity contribution in [2.24, 2.45) is 0 Å². The van der Waals surface area contributed by atoms with Crippen LogP contribution in [0.4, 0.5) is 5.69 Å². The molecular weight excluding hydrogens is 228 g/mol. The Morgan fingerprint density at radius 3 is 2.89 bits per heavy atom. The van der Waals surface area contributed by atoms with Crippen LogP contribution < -0.4 is 10.9 Å². The van der Waals surface area contributed by atoms with Crippen molar-refractivity contribution in [3.63, 3.8) is 0 Å². The Hall–Kier alpha value is -1.75. The van der Waals surface area contributed by atoms with Gasteiger partial charge in [-0.2, -0.15) is 0 Å². The molecule has 0 spiro atoms. The monoisotopic (exact) mass is 248 g/mol. The maximum Gasteiger partial charge on any atom is 0.293 e. The van der Waals surface area contributed by atoms with Crippen LogP contribution in [0.3, 0.4) is 0 Å². The highest BCUT2D eigenvalue weighted by atomic mass is 16.1. The van der Waals surface area contributed by atoms with Crippen molar-refractivity contribution >= 4 is 11.2 Å². The lowest BCUT2D eigenvalue weighted by atomic mass is 10.1. The highest BCUT2D eigenvalue weighted by Gasteiger charge is 2.10. The van der Waals surface area contributed by atoms with Crippen molar-refractivity contribution in [3.05, 3.63) is 34.2 Å². The van der Waals surface area contributed by atoms with Crippen LogP contribution in [0.15, 0.2) is 23.1 Å². The first-order chi connectivity index (χ1) is 8.63. The Balaban J connectivity index is 2.47. The molecule has 0 atom stereocenters. The van der Waals surface area contributed by atoms with E-state index in [0.717, 1.165) is 30.6 Å². The number of nitrogens with one attached hydrogen (secondary N) is 2. The van der Waals surface area contributed by atoms with E-state index >= 15 is 0 Å². The van der Waals surface area contributed by atoms with Gasteiger partial charge in [0.2, 0.25) is 0 Å². The molecule has 0 aliphatic rings. The lowest BCUT2D eigenvalue weighted by Gasteiger charge is -2.13. The third-order valence-corrected chi connectivity index (χ3v) is 2.96. The lowest BCUT2D eigenvalue weighted by molar-refractivity contribution is 0.414. The summed E-state index contributed by atoms with van der Waals surface area (Å²) in [7, 11) is 4.07. The van der Waals surface area contributed by atoms with E-state index in [1.54, 1.807) is 10.7 Å². The quantitative estimate of drug-likeness (QED) is 0.835. The van der Waals surface area contributed by atoms with E-state index in [-0.39, 0.29) is 5.56 Å². The Bertz CT molecular complexity index is 582. The van der Waals surface area contributed by atoms with Gasteiger partial charge < -0.3 is 10.2 Å². The first-order valence-corrected chi connectivity index (χ1v) is 6.24. The fourth-order valence-electron chi connectivity index (χ4n) is 2.04. The molecule has 0 unspecified atom stereocenters. The molecule has 0 radical (unpaired) electrons. The average Bonchev–Trinajstić information content (AvgIpc) is 2.79. The predicted molar refractivity (Wildman–Crippen MR) is 74.4 cm³/mol. The maximum atomic E-state index is 12.3. The Labute approximate surface area is 106 Å². The van der Waals surface area contributed by atoms with E-state index < -0.39 is 0 Å². The molecule has 0 amide bonds.